The molecule has 1 saturated carbocycles. The number of nitrogens with one attached hydrogen (secondary N) is 1. The van der Waals surface area contributed by atoms with Gasteiger partial charge >= 0.3 is 0 Å². The van der Waals surface area contributed by atoms with Crippen LogP contribution in [0.25, 0.3) is 5.65 Å². The summed E-state index contributed by atoms with van der Waals surface area (Å²) < 4.78 is 1.82. The van der Waals surface area contributed by atoms with Crippen molar-refractivity contribution in [2.24, 2.45) is 0 Å². The van der Waals surface area contributed by atoms with Crippen molar-refractivity contribution in [2.45, 2.75) is 25.8 Å². The van der Waals surface area contributed by atoms with E-state index in [1.807, 2.05) is 30.0 Å². The molecule has 0 aromatic carbocycles. The largest absolute Gasteiger partial charge is 0.380 e. The van der Waals surface area contributed by atoms with Gasteiger partial charge in [0.1, 0.15) is 0 Å². The highest BCUT2D eigenvalue weighted by atomic mass is 15.2. The monoisotopic (exact) mass is 188 g/mol. The third-order valence-electron chi connectivity index (χ3n) is 2.48. The smallest absolute Gasteiger partial charge is 0.157 e. The predicted molar refractivity (Wildman–Crippen MR) is 54.4 cm³/mol. The Kier molecular flexibility index (Phi) is 1.50. The fourth-order valence-corrected chi connectivity index (χ4v) is 1.53. The number of aryl methyl sites for hydroxylation is 1. The van der Waals surface area contributed by atoms with Crippen LogP contribution >= 0.6 is 0 Å². The quantitative estimate of drug-likeness (QED) is 0.778. The first-order chi connectivity index (χ1) is 6.83. The van der Waals surface area contributed by atoms with Gasteiger partial charge < -0.3 is 5.32 Å². The highest BCUT2D eigenvalue weighted by molar-refractivity contribution is 5.51. The molecule has 2 aromatic heterocycles. The molecule has 0 saturated heterocycles. The van der Waals surface area contributed by atoms with Crippen LogP contribution in [0.3, 0.4) is 0 Å². The van der Waals surface area contributed by atoms with Gasteiger partial charge in [0.15, 0.2) is 5.65 Å². The summed E-state index contributed by atoms with van der Waals surface area (Å²) >= 11 is 0. The number of rotatable bonds is 2. The third-order valence-corrected chi connectivity index (χ3v) is 2.48. The van der Waals surface area contributed by atoms with E-state index in [2.05, 4.69) is 15.4 Å². The minimum Gasteiger partial charge on any atom is -0.380 e. The van der Waals surface area contributed by atoms with Crippen molar-refractivity contribution in [3.63, 3.8) is 0 Å². The van der Waals surface area contributed by atoms with Crippen molar-refractivity contribution in [2.75, 3.05) is 5.32 Å². The van der Waals surface area contributed by atoms with E-state index in [1.54, 1.807) is 0 Å². The molecular weight excluding hydrogens is 176 g/mol. The van der Waals surface area contributed by atoms with Crippen LogP contribution in [0.1, 0.15) is 18.4 Å². The number of hydrogen-bond acceptors (Lipinski definition) is 3. The van der Waals surface area contributed by atoms with Crippen LogP contribution < -0.4 is 5.32 Å². The van der Waals surface area contributed by atoms with Gasteiger partial charge in [0.05, 0.1) is 24.3 Å². The highest BCUT2D eigenvalue weighted by Gasteiger charge is 2.20. The van der Waals surface area contributed by atoms with Gasteiger partial charge in [-0.1, -0.05) is 0 Å². The van der Waals surface area contributed by atoms with Gasteiger partial charge in [-0.25, -0.2) is 9.50 Å². The lowest BCUT2D eigenvalue weighted by Gasteiger charge is -2.03. The molecule has 1 aliphatic carbocycles. The zero-order valence-corrected chi connectivity index (χ0v) is 8.07. The van der Waals surface area contributed by atoms with Crippen molar-refractivity contribution in [1.82, 2.24) is 14.6 Å². The number of fused-ring (bicyclic) bond motifs is 1. The average Bonchev–Trinajstić information content (AvgIpc) is 2.92. The maximum atomic E-state index is 4.36. The minimum absolute atomic E-state index is 0.658. The maximum absolute atomic E-state index is 4.36. The Bertz CT molecular complexity index is 470. The molecule has 1 N–H and O–H groups in total. The highest BCUT2D eigenvalue weighted by Crippen LogP contribution is 2.24. The van der Waals surface area contributed by atoms with Crippen LogP contribution in [0, 0.1) is 6.92 Å². The van der Waals surface area contributed by atoms with Crippen LogP contribution in [-0.4, -0.2) is 20.6 Å². The molecular formula is C10H12N4. The Morgan fingerprint density at radius 3 is 3.07 bits per heavy atom. The first kappa shape index (κ1) is 7.79. The molecule has 0 spiro atoms. The third kappa shape index (κ3) is 1.23. The number of hydrogen-bond donors (Lipinski definition) is 1. The maximum Gasteiger partial charge on any atom is 0.157 e. The standard InChI is InChI=1S/C10H12N4/c1-7-4-12-14-6-9(5-11-10(7)14)13-8-2-3-8/h4-6,8,13H,2-3H2,1H3. The second-order valence-electron chi connectivity index (χ2n) is 3.86. The van der Waals surface area contributed by atoms with Crippen molar-refractivity contribution < 1.29 is 0 Å². The average molecular weight is 188 g/mol. The van der Waals surface area contributed by atoms with Gasteiger partial charge in [-0.3, -0.25) is 0 Å². The minimum atomic E-state index is 0.658. The summed E-state index contributed by atoms with van der Waals surface area (Å²) in [5.41, 5.74) is 3.11. The van der Waals surface area contributed by atoms with Crippen LogP contribution in [0.2, 0.25) is 0 Å². The normalized spacial score (nSPS) is 16.1. The summed E-state index contributed by atoms with van der Waals surface area (Å²) in [4.78, 5) is 4.36. The van der Waals surface area contributed by atoms with Gasteiger partial charge in [0, 0.05) is 11.6 Å². The van der Waals surface area contributed by atoms with E-state index < -0.39 is 0 Å². The van der Waals surface area contributed by atoms with Crippen LogP contribution in [0.15, 0.2) is 18.6 Å². The summed E-state index contributed by atoms with van der Waals surface area (Å²) in [6.07, 6.45) is 8.26. The molecule has 4 nitrogen and oxygen atoms in total. The molecule has 0 aliphatic heterocycles. The van der Waals surface area contributed by atoms with Gasteiger partial charge in [0.2, 0.25) is 0 Å². The molecule has 0 amide bonds. The zero-order chi connectivity index (χ0) is 9.54. The van der Waals surface area contributed by atoms with Crippen LogP contribution in [-0.2, 0) is 0 Å². The fourth-order valence-electron chi connectivity index (χ4n) is 1.53. The summed E-state index contributed by atoms with van der Waals surface area (Å²) in [5.74, 6) is 0. The summed E-state index contributed by atoms with van der Waals surface area (Å²) in [7, 11) is 0. The van der Waals surface area contributed by atoms with Crippen molar-refractivity contribution >= 4 is 11.3 Å². The fraction of sp³-hybridized carbons (Fsp3) is 0.400. The zero-order valence-electron chi connectivity index (χ0n) is 8.07. The summed E-state index contributed by atoms with van der Waals surface area (Å²) in [6.45, 7) is 2.02. The molecule has 1 fully saturated rings. The van der Waals surface area contributed by atoms with E-state index in [0.717, 1.165) is 16.9 Å². The molecule has 4 heteroatoms. The molecule has 2 aromatic rings. The Balaban J connectivity index is 2.01. The van der Waals surface area contributed by atoms with Gasteiger partial charge in [-0.05, 0) is 19.8 Å². The Morgan fingerprint density at radius 2 is 2.29 bits per heavy atom. The van der Waals surface area contributed by atoms with Crippen LogP contribution in [0.4, 0.5) is 5.69 Å². The number of nitrogens with zero attached hydrogens (tertiary/aromatic N) is 3. The SMILES string of the molecule is Cc1cnn2cc(NC3CC3)cnc12. The lowest BCUT2D eigenvalue weighted by molar-refractivity contribution is 0.935. The molecule has 2 heterocycles. The summed E-state index contributed by atoms with van der Waals surface area (Å²) in [6, 6.07) is 0.658. The first-order valence-corrected chi connectivity index (χ1v) is 4.89. The van der Waals surface area contributed by atoms with E-state index in [4.69, 9.17) is 0 Å². The predicted octanol–water partition coefficient (Wildman–Crippen LogP) is 1.61. The van der Waals surface area contributed by atoms with E-state index >= 15 is 0 Å². The molecule has 0 bridgehead atoms. The van der Waals surface area contributed by atoms with Gasteiger partial charge in [-0.15, -0.1) is 0 Å². The second kappa shape index (κ2) is 2.70. The molecule has 0 unspecified atom stereocenters. The van der Waals surface area contributed by atoms with E-state index in [1.165, 1.54) is 12.8 Å². The Labute approximate surface area is 82.0 Å². The van der Waals surface area contributed by atoms with E-state index in [9.17, 15) is 0 Å². The van der Waals surface area contributed by atoms with E-state index in [0.29, 0.717) is 6.04 Å². The van der Waals surface area contributed by atoms with Crippen molar-refractivity contribution in [3.8, 4) is 0 Å². The topological polar surface area (TPSA) is 42.2 Å². The molecule has 0 atom stereocenters. The van der Waals surface area contributed by atoms with Crippen molar-refractivity contribution in [1.29, 1.82) is 0 Å². The molecule has 72 valence electrons. The Morgan fingerprint density at radius 1 is 1.43 bits per heavy atom. The lowest BCUT2D eigenvalue weighted by Crippen LogP contribution is -2.03. The van der Waals surface area contributed by atoms with Crippen molar-refractivity contribution in [3.05, 3.63) is 24.2 Å². The number of anilines is 1. The number of aromatic nitrogens is 3. The Hall–Kier alpha value is -1.58. The summed E-state index contributed by atoms with van der Waals surface area (Å²) in [5, 5.41) is 7.61. The van der Waals surface area contributed by atoms with Crippen LogP contribution in [0.5, 0.6) is 0 Å². The molecule has 1 aliphatic rings. The van der Waals surface area contributed by atoms with Gasteiger partial charge in [0.25, 0.3) is 0 Å². The molecule has 0 radical (unpaired) electrons. The molecule has 14 heavy (non-hydrogen) atoms. The van der Waals surface area contributed by atoms with E-state index in [-0.39, 0.29) is 0 Å². The van der Waals surface area contributed by atoms with Gasteiger partial charge in [-0.2, -0.15) is 5.10 Å². The lowest BCUT2D eigenvalue weighted by atomic mass is 10.4. The second-order valence-corrected chi connectivity index (χ2v) is 3.86. The molecule has 3 rings (SSSR count). The first-order valence-electron chi connectivity index (χ1n) is 4.89.